The number of fused-ring (bicyclic) bond motifs is 1. The highest BCUT2D eigenvalue weighted by atomic mass is 79.9. The van der Waals surface area contributed by atoms with Gasteiger partial charge in [0.25, 0.3) is 0 Å². The van der Waals surface area contributed by atoms with Gasteiger partial charge in [-0.15, -0.1) is 0 Å². The summed E-state index contributed by atoms with van der Waals surface area (Å²) in [5.41, 5.74) is -0.0605. The van der Waals surface area contributed by atoms with Crippen LogP contribution in [0.2, 0.25) is 0 Å². The number of hydrogen-bond donors (Lipinski definition) is 1. The van der Waals surface area contributed by atoms with Crippen LogP contribution in [-0.4, -0.2) is 18.2 Å². The van der Waals surface area contributed by atoms with Crippen molar-refractivity contribution in [2.75, 3.05) is 7.11 Å². The molecule has 0 radical (unpaired) electrons. The van der Waals surface area contributed by atoms with Crippen molar-refractivity contribution in [3.8, 4) is 5.75 Å². The molecule has 1 N–H and O–H groups in total. The van der Waals surface area contributed by atoms with Crippen LogP contribution < -0.4 is 10.2 Å². The molecule has 1 aromatic carbocycles. The van der Waals surface area contributed by atoms with Gasteiger partial charge < -0.3 is 14.3 Å². The van der Waals surface area contributed by atoms with Gasteiger partial charge in [0.1, 0.15) is 11.1 Å². The van der Waals surface area contributed by atoms with Gasteiger partial charge in [0.05, 0.1) is 17.1 Å². The summed E-state index contributed by atoms with van der Waals surface area (Å²) < 4.78 is 11.0. The predicted octanol–water partition coefficient (Wildman–Crippen LogP) is 2.82. The lowest BCUT2D eigenvalue weighted by atomic mass is 10.1. The van der Waals surface area contributed by atoms with E-state index in [0.29, 0.717) is 10.2 Å². The molecular weight excluding hydrogens is 316 g/mol. The number of carbonyl (C=O) groups is 1. The zero-order valence-corrected chi connectivity index (χ0v) is 11.9. The lowest BCUT2D eigenvalue weighted by Crippen LogP contribution is -2.16. The van der Waals surface area contributed by atoms with E-state index >= 15 is 0 Å². The van der Waals surface area contributed by atoms with Crippen molar-refractivity contribution in [3.63, 3.8) is 0 Å². The summed E-state index contributed by atoms with van der Waals surface area (Å²) >= 11 is 3.24. The number of ether oxygens (including phenoxy) is 1. The highest BCUT2D eigenvalue weighted by Gasteiger charge is 2.21. The molecule has 6 heteroatoms. The van der Waals surface area contributed by atoms with Gasteiger partial charge in [-0.2, -0.15) is 0 Å². The second-order valence-electron chi connectivity index (χ2n) is 3.85. The SMILES string of the molecule is CCc1c(C(=O)O)oc2c(Br)ccc(OC)c2c1=O. The molecule has 0 bridgehead atoms. The normalized spacial score (nSPS) is 10.7. The summed E-state index contributed by atoms with van der Waals surface area (Å²) in [6, 6.07) is 3.27. The lowest BCUT2D eigenvalue weighted by Gasteiger charge is -2.09. The van der Waals surface area contributed by atoms with Crippen molar-refractivity contribution in [1.29, 1.82) is 0 Å². The maximum absolute atomic E-state index is 12.4. The van der Waals surface area contributed by atoms with Gasteiger partial charge in [-0.25, -0.2) is 4.79 Å². The fourth-order valence-corrected chi connectivity index (χ4v) is 2.35. The number of halogens is 1. The van der Waals surface area contributed by atoms with Crippen LogP contribution in [0.3, 0.4) is 0 Å². The zero-order chi connectivity index (χ0) is 14.2. The summed E-state index contributed by atoms with van der Waals surface area (Å²) in [7, 11) is 1.44. The Morgan fingerprint density at radius 1 is 1.47 bits per heavy atom. The molecule has 0 spiro atoms. The van der Waals surface area contributed by atoms with Crippen molar-refractivity contribution in [3.05, 3.63) is 38.2 Å². The van der Waals surface area contributed by atoms with Crippen molar-refractivity contribution < 1.29 is 19.1 Å². The summed E-state index contributed by atoms with van der Waals surface area (Å²) in [4.78, 5) is 23.6. The van der Waals surface area contributed by atoms with Crippen LogP contribution in [0.4, 0.5) is 0 Å². The van der Waals surface area contributed by atoms with E-state index in [1.165, 1.54) is 7.11 Å². The van der Waals surface area contributed by atoms with Gasteiger partial charge in [0, 0.05) is 0 Å². The number of benzene rings is 1. The Labute approximate surface area is 116 Å². The Hall–Kier alpha value is -1.82. The van der Waals surface area contributed by atoms with E-state index in [9.17, 15) is 9.59 Å². The topological polar surface area (TPSA) is 76.7 Å². The van der Waals surface area contributed by atoms with Gasteiger partial charge in [-0.1, -0.05) is 6.92 Å². The number of aromatic carboxylic acids is 1. The maximum Gasteiger partial charge on any atom is 0.372 e. The van der Waals surface area contributed by atoms with Gasteiger partial charge in [-0.05, 0) is 34.5 Å². The van der Waals surface area contributed by atoms with Crippen molar-refractivity contribution in [2.24, 2.45) is 0 Å². The zero-order valence-electron chi connectivity index (χ0n) is 10.3. The van der Waals surface area contributed by atoms with Crippen LogP contribution in [0, 0.1) is 0 Å². The molecule has 0 aliphatic rings. The molecule has 5 nitrogen and oxygen atoms in total. The van der Waals surface area contributed by atoms with Crippen LogP contribution in [0.1, 0.15) is 23.0 Å². The quantitative estimate of drug-likeness (QED) is 0.938. The number of carboxylic acids is 1. The van der Waals surface area contributed by atoms with Crippen LogP contribution in [0.5, 0.6) is 5.75 Å². The molecule has 0 aliphatic heterocycles. The van der Waals surface area contributed by atoms with E-state index in [0.717, 1.165) is 0 Å². The monoisotopic (exact) mass is 326 g/mol. The highest BCUT2D eigenvalue weighted by Crippen LogP contribution is 2.31. The number of carboxylic acid groups (broad SMARTS) is 1. The first kappa shape index (κ1) is 13.6. The second-order valence-corrected chi connectivity index (χ2v) is 4.71. The Balaban J connectivity index is 3.03. The van der Waals surface area contributed by atoms with Crippen molar-refractivity contribution >= 4 is 32.9 Å². The van der Waals surface area contributed by atoms with E-state index < -0.39 is 5.97 Å². The number of hydrogen-bond acceptors (Lipinski definition) is 4. The highest BCUT2D eigenvalue weighted by molar-refractivity contribution is 9.10. The summed E-state index contributed by atoms with van der Waals surface area (Å²) in [5.74, 6) is -1.22. The second kappa shape index (κ2) is 5.05. The molecule has 0 saturated carbocycles. The van der Waals surface area contributed by atoms with Gasteiger partial charge in [-0.3, -0.25) is 4.79 Å². The predicted molar refractivity (Wildman–Crippen MR) is 73.1 cm³/mol. The third kappa shape index (κ3) is 2.12. The van der Waals surface area contributed by atoms with Crippen LogP contribution in [0.15, 0.2) is 25.8 Å². The Morgan fingerprint density at radius 3 is 2.68 bits per heavy atom. The van der Waals surface area contributed by atoms with Gasteiger partial charge >= 0.3 is 5.97 Å². The Bertz CT molecular complexity index is 717. The average Bonchev–Trinajstić information content (AvgIpc) is 2.39. The average molecular weight is 327 g/mol. The Kier molecular flexibility index (Phi) is 3.61. The molecule has 0 saturated heterocycles. The fourth-order valence-electron chi connectivity index (χ4n) is 1.94. The van der Waals surface area contributed by atoms with E-state index in [1.54, 1.807) is 19.1 Å². The summed E-state index contributed by atoms with van der Waals surface area (Å²) in [6.07, 6.45) is 0.273. The first-order valence-corrected chi connectivity index (χ1v) is 6.36. The Morgan fingerprint density at radius 2 is 2.16 bits per heavy atom. The van der Waals surface area contributed by atoms with Crippen LogP contribution in [-0.2, 0) is 6.42 Å². The third-order valence-electron chi connectivity index (χ3n) is 2.82. The fraction of sp³-hybridized carbons (Fsp3) is 0.231. The van der Waals surface area contributed by atoms with Crippen molar-refractivity contribution in [2.45, 2.75) is 13.3 Å². The van der Waals surface area contributed by atoms with Crippen LogP contribution >= 0.6 is 15.9 Å². The largest absolute Gasteiger partial charge is 0.496 e. The molecule has 1 heterocycles. The molecule has 0 amide bonds. The molecule has 2 aromatic rings. The molecule has 0 fully saturated rings. The minimum Gasteiger partial charge on any atom is -0.496 e. The smallest absolute Gasteiger partial charge is 0.372 e. The molecule has 100 valence electrons. The van der Waals surface area contributed by atoms with E-state index in [1.807, 2.05) is 0 Å². The summed E-state index contributed by atoms with van der Waals surface area (Å²) in [5, 5.41) is 9.37. The molecule has 0 atom stereocenters. The first-order valence-electron chi connectivity index (χ1n) is 5.56. The molecular formula is C13H11BrO5. The molecule has 1 aromatic heterocycles. The lowest BCUT2D eigenvalue weighted by molar-refractivity contribution is 0.0661. The molecule has 0 unspecified atom stereocenters. The van der Waals surface area contributed by atoms with E-state index in [2.05, 4.69) is 15.9 Å². The molecule has 19 heavy (non-hydrogen) atoms. The minimum absolute atomic E-state index is 0.136. The van der Waals surface area contributed by atoms with Gasteiger partial charge in [0.15, 0.2) is 5.58 Å². The van der Waals surface area contributed by atoms with Crippen LogP contribution in [0.25, 0.3) is 11.0 Å². The first-order chi connectivity index (χ1) is 9.01. The summed E-state index contributed by atoms with van der Waals surface area (Å²) in [6.45, 7) is 1.70. The van der Waals surface area contributed by atoms with Gasteiger partial charge in [0.2, 0.25) is 11.2 Å². The number of methoxy groups -OCH3 is 1. The number of rotatable bonds is 3. The maximum atomic E-state index is 12.4. The van der Waals surface area contributed by atoms with E-state index in [-0.39, 0.29) is 34.1 Å². The van der Waals surface area contributed by atoms with E-state index in [4.69, 9.17) is 14.3 Å². The molecule has 0 aliphatic carbocycles. The third-order valence-corrected chi connectivity index (χ3v) is 3.44. The standard InChI is InChI=1S/C13H11BrO5/c1-3-6-10(15)9-8(18-2)5-4-7(14)12(9)19-11(6)13(16)17/h4-5H,3H2,1-2H3,(H,16,17). The van der Waals surface area contributed by atoms with Crippen molar-refractivity contribution in [1.82, 2.24) is 0 Å². The molecule has 2 rings (SSSR count). The minimum atomic E-state index is -1.26.